The van der Waals surface area contributed by atoms with Crippen molar-refractivity contribution in [2.75, 3.05) is 0 Å². The van der Waals surface area contributed by atoms with Crippen molar-refractivity contribution in [3.05, 3.63) is 59.0 Å². The molecule has 0 spiro atoms. The van der Waals surface area contributed by atoms with Crippen LogP contribution in [0.4, 0.5) is 0 Å². The molecule has 1 unspecified atom stereocenters. The van der Waals surface area contributed by atoms with Gasteiger partial charge in [0.05, 0.1) is 5.75 Å². The summed E-state index contributed by atoms with van der Waals surface area (Å²) in [5.74, 6) is -0.145. The highest BCUT2D eigenvalue weighted by Gasteiger charge is 2.11. The van der Waals surface area contributed by atoms with Gasteiger partial charge in [-0.25, -0.2) is 4.79 Å². The third-order valence-electron chi connectivity index (χ3n) is 2.59. The molecule has 1 heterocycles. The van der Waals surface area contributed by atoms with Gasteiger partial charge in [-0.05, 0) is 24.6 Å². The molecule has 4 nitrogen and oxygen atoms in total. The van der Waals surface area contributed by atoms with Crippen molar-refractivity contribution in [3.8, 4) is 0 Å². The van der Waals surface area contributed by atoms with Crippen molar-refractivity contribution < 1.29 is 18.5 Å². The molecule has 0 saturated carbocycles. The van der Waals surface area contributed by atoms with Gasteiger partial charge in [-0.1, -0.05) is 29.8 Å². The number of hydrogen-bond acceptors (Lipinski definition) is 3. The standard InChI is InChI=1S/C14H14O4S/c1-10-3-2-4-11(7-10)8-19(17)9-12-5-6-13(18-12)14(15)16/h2-7H,8-9H2,1H3,(H,15,16). The fourth-order valence-corrected chi connectivity index (χ4v) is 2.89. The van der Waals surface area contributed by atoms with Crippen molar-refractivity contribution in [1.29, 1.82) is 0 Å². The highest BCUT2D eigenvalue weighted by Crippen LogP contribution is 2.13. The van der Waals surface area contributed by atoms with E-state index >= 15 is 0 Å². The Bertz CT molecular complexity index is 615. The zero-order chi connectivity index (χ0) is 13.8. The van der Waals surface area contributed by atoms with E-state index in [4.69, 9.17) is 9.52 Å². The van der Waals surface area contributed by atoms with Gasteiger partial charge in [0.2, 0.25) is 5.76 Å². The molecular formula is C14H14O4S. The molecule has 1 atom stereocenters. The maximum absolute atomic E-state index is 12.0. The summed E-state index contributed by atoms with van der Waals surface area (Å²) in [6, 6.07) is 10.8. The summed E-state index contributed by atoms with van der Waals surface area (Å²) in [5, 5.41) is 8.73. The van der Waals surface area contributed by atoms with Gasteiger partial charge in [0.25, 0.3) is 0 Å². The fourth-order valence-electron chi connectivity index (χ4n) is 1.77. The Hall–Kier alpha value is -1.88. The first kappa shape index (κ1) is 13.5. The molecule has 1 aromatic carbocycles. The first-order valence-electron chi connectivity index (χ1n) is 5.77. The normalized spacial score (nSPS) is 12.3. The number of hydrogen-bond donors (Lipinski definition) is 1. The summed E-state index contributed by atoms with van der Waals surface area (Å²) < 4.78 is 17.1. The van der Waals surface area contributed by atoms with Crippen LogP contribution in [0.2, 0.25) is 0 Å². The number of benzene rings is 1. The van der Waals surface area contributed by atoms with Gasteiger partial charge in [0.1, 0.15) is 5.76 Å². The second-order valence-corrected chi connectivity index (χ2v) is 5.75. The second-order valence-electron chi connectivity index (χ2n) is 4.29. The Morgan fingerprint density at radius 2 is 2.05 bits per heavy atom. The third-order valence-corrected chi connectivity index (χ3v) is 3.85. The molecule has 1 aromatic heterocycles. The number of carboxylic acid groups (broad SMARTS) is 1. The van der Waals surface area contributed by atoms with Gasteiger partial charge in [0.15, 0.2) is 0 Å². The molecule has 2 aromatic rings. The number of furan rings is 1. The van der Waals surface area contributed by atoms with Crippen LogP contribution in [0.25, 0.3) is 0 Å². The minimum atomic E-state index is -1.12. The second kappa shape index (κ2) is 5.84. The Balaban J connectivity index is 1.99. The smallest absolute Gasteiger partial charge is 0.371 e. The first-order chi connectivity index (χ1) is 9.04. The highest BCUT2D eigenvalue weighted by atomic mass is 32.2. The Morgan fingerprint density at radius 3 is 2.68 bits per heavy atom. The lowest BCUT2D eigenvalue weighted by Crippen LogP contribution is -1.99. The van der Waals surface area contributed by atoms with E-state index < -0.39 is 16.8 Å². The third kappa shape index (κ3) is 3.79. The van der Waals surface area contributed by atoms with E-state index in [-0.39, 0.29) is 11.5 Å². The SMILES string of the molecule is Cc1cccc(CS(=O)Cc2ccc(C(=O)O)o2)c1. The van der Waals surface area contributed by atoms with Crippen LogP contribution in [-0.2, 0) is 22.3 Å². The van der Waals surface area contributed by atoms with Crippen molar-refractivity contribution in [2.24, 2.45) is 0 Å². The highest BCUT2D eigenvalue weighted by molar-refractivity contribution is 7.83. The number of carboxylic acids is 1. The van der Waals surface area contributed by atoms with Crippen LogP contribution < -0.4 is 0 Å². The van der Waals surface area contributed by atoms with Crippen molar-refractivity contribution in [2.45, 2.75) is 18.4 Å². The molecule has 5 heteroatoms. The van der Waals surface area contributed by atoms with Gasteiger partial charge >= 0.3 is 5.97 Å². The molecular weight excluding hydrogens is 264 g/mol. The van der Waals surface area contributed by atoms with Crippen LogP contribution >= 0.6 is 0 Å². The average Bonchev–Trinajstić information content (AvgIpc) is 2.77. The molecule has 2 rings (SSSR count). The summed E-state index contributed by atoms with van der Waals surface area (Å²) in [4.78, 5) is 10.7. The van der Waals surface area contributed by atoms with E-state index in [1.165, 1.54) is 6.07 Å². The minimum Gasteiger partial charge on any atom is -0.475 e. The lowest BCUT2D eigenvalue weighted by molar-refractivity contribution is 0.0661. The molecule has 0 fully saturated rings. The van der Waals surface area contributed by atoms with Gasteiger partial charge in [0, 0.05) is 16.6 Å². The zero-order valence-corrected chi connectivity index (χ0v) is 11.3. The van der Waals surface area contributed by atoms with Crippen LogP contribution in [-0.4, -0.2) is 15.3 Å². The Morgan fingerprint density at radius 1 is 1.26 bits per heavy atom. The summed E-state index contributed by atoms with van der Waals surface area (Å²) in [5.41, 5.74) is 2.13. The van der Waals surface area contributed by atoms with E-state index in [2.05, 4.69) is 0 Å². The van der Waals surface area contributed by atoms with Crippen LogP contribution in [0.5, 0.6) is 0 Å². The monoisotopic (exact) mass is 278 g/mol. The number of carbonyl (C=O) groups is 1. The van der Waals surface area contributed by atoms with Gasteiger partial charge in [-0.3, -0.25) is 4.21 Å². The van der Waals surface area contributed by atoms with E-state index in [1.807, 2.05) is 31.2 Å². The molecule has 0 radical (unpaired) electrons. The maximum atomic E-state index is 12.0. The van der Waals surface area contributed by atoms with Crippen molar-refractivity contribution in [3.63, 3.8) is 0 Å². The topological polar surface area (TPSA) is 67.5 Å². The predicted octanol–water partition coefficient (Wildman–Crippen LogP) is 2.74. The first-order valence-corrected chi connectivity index (χ1v) is 7.26. The van der Waals surface area contributed by atoms with Gasteiger partial charge < -0.3 is 9.52 Å². The molecule has 100 valence electrons. The fraction of sp³-hybridized carbons (Fsp3) is 0.214. The summed E-state index contributed by atoms with van der Waals surface area (Å²) in [7, 11) is -1.12. The lowest BCUT2D eigenvalue weighted by atomic mass is 10.2. The summed E-state index contributed by atoms with van der Waals surface area (Å²) >= 11 is 0. The zero-order valence-electron chi connectivity index (χ0n) is 10.5. The molecule has 0 bridgehead atoms. The van der Waals surface area contributed by atoms with Crippen molar-refractivity contribution >= 4 is 16.8 Å². The van der Waals surface area contributed by atoms with Crippen LogP contribution in [0, 0.1) is 6.92 Å². The largest absolute Gasteiger partial charge is 0.475 e. The predicted molar refractivity (Wildman–Crippen MR) is 72.4 cm³/mol. The molecule has 1 N–H and O–H groups in total. The van der Waals surface area contributed by atoms with Gasteiger partial charge in [-0.15, -0.1) is 0 Å². The number of rotatable bonds is 5. The molecule has 0 saturated heterocycles. The Kier molecular flexibility index (Phi) is 4.16. The number of aromatic carboxylic acids is 1. The van der Waals surface area contributed by atoms with Crippen LogP contribution in [0.15, 0.2) is 40.8 Å². The van der Waals surface area contributed by atoms with E-state index in [9.17, 15) is 9.00 Å². The van der Waals surface area contributed by atoms with Crippen molar-refractivity contribution in [1.82, 2.24) is 0 Å². The average molecular weight is 278 g/mol. The van der Waals surface area contributed by atoms with E-state index in [0.29, 0.717) is 11.5 Å². The summed E-state index contributed by atoms with van der Waals surface area (Å²) in [6.45, 7) is 1.98. The molecule has 0 amide bonds. The molecule has 0 aliphatic heterocycles. The molecule has 0 aliphatic carbocycles. The van der Waals surface area contributed by atoms with E-state index in [0.717, 1.165) is 11.1 Å². The lowest BCUT2D eigenvalue weighted by Gasteiger charge is -2.02. The summed E-state index contributed by atoms with van der Waals surface area (Å²) in [6.07, 6.45) is 0. The number of aryl methyl sites for hydroxylation is 1. The van der Waals surface area contributed by atoms with E-state index in [1.54, 1.807) is 6.07 Å². The van der Waals surface area contributed by atoms with Crippen LogP contribution in [0.3, 0.4) is 0 Å². The minimum absolute atomic E-state index is 0.123. The maximum Gasteiger partial charge on any atom is 0.371 e. The Labute approximate surface area is 113 Å². The van der Waals surface area contributed by atoms with Gasteiger partial charge in [-0.2, -0.15) is 0 Å². The molecule has 0 aliphatic rings. The quantitative estimate of drug-likeness (QED) is 0.913. The van der Waals surface area contributed by atoms with Crippen LogP contribution in [0.1, 0.15) is 27.4 Å². The molecule has 19 heavy (non-hydrogen) atoms.